The first-order chi connectivity index (χ1) is 17.7. The van der Waals surface area contributed by atoms with Crippen molar-refractivity contribution < 1.29 is 27.0 Å². The summed E-state index contributed by atoms with van der Waals surface area (Å²) in [6, 6.07) is 10.4. The van der Waals surface area contributed by atoms with Gasteiger partial charge in [0.25, 0.3) is 0 Å². The predicted octanol–water partition coefficient (Wildman–Crippen LogP) is 5.05. The van der Waals surface area contributed by atoms with Crippen LogP contribution < -0.4 is 18.9 Å². The number of hydrogen-bond donors (Lipinski definition) is 1. The van der Waals surface area contributed by atoms with Crippen LogP contribution >= 0.6 is 11.8 Å². The molecule has 4 rings (SSSR count). The van der Waals surface area contributed by atoms with Gasteiger partial charge in [0.05, 0.1) is 0 Å². The van der Waals surface area contributed by atoms with Crippen LogP contribution in [0.25, 0.3) is 15.9 Å². The van der Waals surface area contributed by atoms with Crippen LogP contribution in [0.5, 0.6) is 11.5 Å². The quantitative estimate of drug-likeness (QED) is 0.196. The van der Waals surface area contributed by atoms with E-state index in [0.717, 1.165) is 41.2 Å². The second-order valence-electron chi connectivity index (χ2n) is 8.76. The number of aryl methyl sites for hydroxylation is 2. The Bertz CT molecular complexity index is 1480. The Morgan fingerprint density at radius 3 is 2.62 bits per heavy atom. The summed E-state index contributed by atoms with van der Waals surface area (Å²) < 4.78 is 47.6. The number of hydrogen-bond acceptors (Lipinski definition) is 6. The van der Waals surface area contributed by atoms with E-state index in [4.69, 9.17) is 9.47 Å². The Labute approximate surface area is 229 Å². The molecule has 0 saturated carbocycles. The first kappa shape index (κ1) is 27.8. The van der Waals surface area contributed by atoms with Gasteiger partial charge < -0.3 is 0 Å². The number of nitrogens with zero attached hydrogens (tertiary/aromatic N) is 2. The third-order valence-corrected chi connectivity index (χ3v) is 10.5. The van der Waals surface area contributed by atoms with E-state index in [9.17, 15) is 13.0 Å². The van der Waals surface area contributed by atoms with E-state index in [-0.39, 0.29) is 20.3 Å². The zero-order valence-corrected chi connectivity index (χ0v) is 25.1. The third kappa shape index (κ3) is 6.26. The summed E-state index contributed by atoms with van der Waals surface area (Å²) in [6.45, 7) is 7.68. The average Bonchev–Trinajstić information content (AvgIpc) is 3.38. The van der Waals surface area contributed by atoms with Crippen LogP contribution in [0.4, 0.5) is 5.69 Å². The Morgan fingerprint density at radius 2 is 1.97 bits per heavy atom. The van der Waals surface area contributed by atoms with Gasteiger partial charge >= 0.3 is 230 Å². The van der Waals surface area contributed by atoms with Crippen LogP contribution in [0, 0.1) is 6.92 Å². The summed E-state index contributed by atoms with van der Waals surface area (Å²) >= 11 is 1.80. The number of benzene rings is 2. The molecule has 0 unspecified atom stereocenters. The fourth-order valence-electron chi connectivity index (χ4n) is 4.40. The molecule has 1 aliphatic heterocycles. The van der Waals surface area contributed by atoms with Crippen molar-refractivity contribution in [1.29, 1.82) is 0 Å². The Hall–Kier alpha value is -2.23. The second-order valence-corrected chi connectivity index (χ2v) is 13.6. The minimum absolute atomic E-state index is 0.0386. The van der Waals surface area contributed by atoms with Gasteiger partial charge in [-0.05, 0) is 0 Å². The maximum atomic E-state index is 11.4. The van der Waals surface area contributed by atoms with Crippen molar-refractivity contribution in [2.75, 3.05) is 31.4 Å². The fourth-order valence-corrected chi connectivity index (χ4v) is 8.54. The Kier molecular flexibility index (Phi) is 8.76. The van der Waals surface area contributed by atoms with Gasteiger partial charge in [-0.2, -0.15) is 0 Å². The molecule has 0 radical (unpaired) electrons. The molecule has 0 saturated heterocycles. The molecule has 0 amide bonds. The number of fused-ring (bicyclic) bond motifs is 2. The molecule has 198 valence electrons. The van der Waals surface area contributed by atoms with Crippen molar-refractivity contribution in [3.8, 4) is 11.5 Å². The number of rotatable bonds is 10. The topological polar surface area (TPSA) is 80.0 Å². The maximum absolute atomic E-state index is 11.4. The molecule has 0 atom stereocenters. The summed E-state index contributed by atoms with van der Waals surface area (Å²) in [7, 11) is -0.640. The number of allylic oxidation sites excluding steroid dienone is 2. The molecule has 3 aromatic rings. The Morgan fingerprint density at radius 1 is 1.19 bits per heavy atom. The van der Waals surface area contributed by atoms with E-state index in [1.807, 2.05) is 13.0 Å². The summed E-state index contributed by atoms with van der Waals surface area (Å²) in [4.78, 5) is 3.52. The molecule has 7 nitrogen and oxygen atoms in total. The van der Waals surface area contributed by atoms with Gasteiger partial charge in [-0.1, -0.05) is 0 Å². The number of anilines is 1. The average molecular weight is 609 g/mol. The molecule has 0 bridgehead atoms. The van der Waals surface area contributed by atoms with Crippen molar-refractivity contribution >= 4 is 57.9 Å². The first-order valence-electron chi connectivity index (χ1n) is 12.2. The summed E-state index contributed by atoms with van der Waals surface area (Å²) in [5.41, 5.74) is 4.49. The molecule has 2 heterocycles. The molecule has 37 heavy (non-hydrogen) atoms. The molecular formula is C27H33N2O5S2Se+. The monoisotopic (exact) mass is 609 g/mol. The van der Waals surface area contributed by atoms with E-state index < -0.39 is 10.1 Å². The molecule has 0 fully saturated rings. The van der Waals surface area contributed by atoms with Gasteiger partial charge in [0.1, 0.15) is 0 Å². The number of aromatic nitrogens is 1. The molecule has 1 N–H and O–H groups in total. The van der Waals surface area contributed by atoms with Crippen LogP contribution in [-0.4, -0.2) is 54.0 Å². The second kappa shape index (κ2) is 11.7. The van der Waals surface area contributed by atoms with Gasteiger partial charge in [-0.15, -0.1) is 0 Å². The molecule has 10 heteroatoms. The number of methoxy groups -OCH3 is 2. The summed E-state index contributed by atoms with van der Waals surface area (Å²) in [5.74, 6) is 1.45. The van der Waals surface area contributed by atoms with Gasteiger partial charge in [-0.25, -0.2) is 0 Å². The standard InChI is InChI=1S/C27H32N2O5S2Se/c1-6-19(14-26-28(7-2)21-16-20(33-4)9-10-24(21)35-26)15-27-29(11-8-12-36(30,31)32)22-13-18(3)23(34-5)17-25(22)37-27/h9-10,13-17H,6-8,11-12H2,1-5H3/p+1. The van der Waals surface area contributed by atoms with Gasteiger partial charge in [0.15, 0.2) is 0 Å². The van der Waals surface area contributed by atoms with E-state index in [1.54, 1.807) is 26.0 Å². The van der Waals surface area contributed by atoms with Crippen molar-refractivity contribution in [2.24, 2.45) is 0 Å². The summed E-state index contributed by atoms with van der Waals surface area (Å²) in [5, 5.41) is 1.18. The predicted molar refractivity (Wildman–Crippen MR) is 152 cm³/mol. The number of thioether (sulfide) groups is 1. The van der Waals surface area contributed by atoms with Gasteiger partial charge in [-0.3, -0.25) is 0 Å². The third-order valence-electron chi connectivity index (χ3n) is 6.31. The molecule has 1 aliphatic rings. The zero-order valence-electron chi connectivity index (χ0n) is 21.8. The van der Waals surface area contributed by atoms with Crippen molar-refractivity contribution in [2.45, 2.75) is 45.1 Å². The molecule has 0 aliphatic carbocycles. The zero-order chi connectivity index (χ0) is 26.7. The molecular weight excluding hydrogens is 575 g/mol. The van der Waals surface area contributed by atoms with Crippen molar-refractivity contribution in [3.63, 3.8) is 0 Å². The van der Waals surface area contributed by atoms with Crippen molar-refractivity contribution in [3.05, 3.63) is 57.1 Å². The summed E-state index contributed by atoms with van der Waals surface area (Å²) in [6.07, 6.45) is 5.71. The van der Waals surface area contributed by atoms with Crippen LogP contribution in [-0.2, 0) is 16.7 Å². The molecule has 0 spiro atoms. The minimum atomic E-state index is -4.01. The van der Waals surface area contributed by atoms with Crippen LogP contribution in [0.2, 0.25) is 0 Å². The van der Waals surface area contributed by atoms with Gasteiger partial charge in [0, 0.05) is 0 Å². The normalized spacial score (nSPS) is 15.0. The van der Waals surface area contributed by atoms with Crippen LogP contribution in [0.3, 0.4) is 0 Å². The van der Waals surface area contributed by atoms with E-state index in [2.05, 4.69) is 59.7 Å². The fraction of sp³-hybridized carbons (Fsp3) is 0.370. The van der Waals surface area contributed by atoms with E-state index in [1.165, 1.54) is 24.3 Å². The Balaban J connectivity index is 1.75. The van der Waals surface area contributed by atoms with Crippen LogP contribution in [0.1, 0.15) is 36.8 Å². The SMILES string of the molecule is CCC(/C=C1\Sc2ccc(OC)cc2N1CC)=C\c1[se]c2cc(OC)c(C)cc2[n+]1CCCS(=O)(=O)O. The number of ether oxygens (including phenoxy) is 2. The van der Waals surface area contributed by atoms with Crippen LogP contribution in [0.15, 0.2) is 51.9 Å². The van der Waals surface area contributed by atoms with E-state index in [0.29, 0.717) is 13.0 Å². The molecule has 1 aromatic heterocycles. The van der Waals surface area contributed by atoms with Crippen molar-refractivity contribution in [1.82, 2.24) is 0 Å². The molecule has 2 aromatic carbocycles. The van der Waals surface area contributed by atoms with E-state index >= 15 is 0 Å². The van der Waals surface area contributed by atoms with Gasteiger partial charge in [0.2, 0.25) is 0 Å². The first-order valence-corrected chi connectivity index (χ1v) is 16.3.